The quantitative estimate of drug-likeness (QED) is 0.181. The molecule has 0 bridgehead atoms. The molecule has 0 saturated carbocycles. The van der Waals surface area contributed by atoms with Crippen LogP contribution in [0.3, 0.4) is 0 Å². The molecule has 0 spiro atoms. The number of carbonyl (C=O) groups is 1. The summed E-state index contributed by atoms with van der Waals surface area (Å²) in [6.45, 7) is 2.50. The van der Waals surface area contributed by atoms with Gasteiger partial charge in [0.2, 0.25) is 0 Å². The second kappa shape index (κ2) is 11.4. The lowest BCUT2D eigenvalue weighted by atomic mass is 10.2. The SMILES string of the molecule is CCn1c(S/C(=C\c2cc(I)c(OC)c(I)c2)C(=O)O)nnc1-c1cc(OC)cc(OC)c1. The second-order valence-electron chi connectivity index (χ2n) is 6.59. The van der Waals surface area contributed by atoms with E-state index in [9.17, 15) is 9.90 Å². The van der Waals surface area contributed by atoms with Gasteiger partial charge in [0.05, 0.1) is 28.5 Å². The molecule has 0 saturated heterocycles. The maximum Gasteiger partial charge on any atom is 0.342 e. The number of carboxylic acids is 1. The number of rotatable bonds is 9. The Balaban J connectivity index is 2.01. The molecule has 3 aromatic rings. The van der Waals surface area contributed by atoms with E-state index in [1.807, 2.05) is 35.8 Å². The molecule has 33 heavy (non-hydrogen) atoms. The molecule has 1 aromatic heterocycles. The highest BCUT2D eigenvalue weighted by Crippen LogP contribution is 2.35. The van der Waals surface area contributed by atoms with Crippen LogP contribution in [-0.4, -0.2) is 47.2 Å². The molecule has 0 aliphatic heterocycles. The van der Waals surface area contributed by atoms with Gasteiger partial charge in [-0.1, -0.05) is 0 Å². The van der Waals surface area contributed by atoms with E-state index >= 15 is 0 Å². The zero-order valence-corrected chi connectivity index (χ0v) is 23.4. The summed E-state index contributed by atoms with van der Waals surface area (Å²) in [4.78, 5) is 12.2. The number of benzene rings is 2. The molecule has 8 nitrogen and oxygen atoms in total. The summed E-state index contributed by atoms with van der Waals surface area (Å²) in [6, 6.07) is 9.20. The van der Waals surface area contributed by atoms with Crippen molar-refractivity contribution in [3.8, 4) is 28.6 Å². The minimum absolute atomic E-state index is 0.128. The molecular formula is C22H21I2N3O5S. The molecule has 0 aliphatic rings. The zero-order chi connectivity index (χ0) is 24.1. The van der Waals surface area contributed by atoms with Crippen molar-refractivity contribution in [2.24, 2.45) is 0 Å². The van der Waals surface area contributed by atoms with Crippen molar-refractivity contribution in [3.63, 3.8) is 0 Å². The van der Waals surface area contributed by atoms with E-state index in [2.05, 4.69) is 55.4 Å². The number of methoxy groups -OCH3 is 3. The van der Waals surface area contributed by atoms with Gasteiger partial charge in [-0.3, -0.25) is 0 Å². The summed E-state index contributed by atoms with van der Waals surface area (Å²) in [5.74, 6) is 1.56. The number of carboxylic acid groups (broad SMARTS) is 1. The minimum atomic E-state index is -1.05. The Morgan fingerprint density at radius 2 is 1.64 bits per heavy atom. The van der Waals surface area contributed by atoms with E-state index in [0.29, 0.717) is 29.0 Å². The third-order valence-electron chi connectivity index (χ3n) is 4.58. The van der Waals surface area contributed by atoms with Crippen LogP contribution in [0.1, 0.15) is 12.5 Å². The Bertz CT molecular complexity index is 1170. The summed E-state index contributed by atoms with van der Waals surface area (Å²) < 4.78 is 19.8. The smallest absolute Gasteiger partial charge is 0.342 e. The Kier molecular flexibility index (Phi) is 8.87. The van der Waals surface area contributed by atoms with Crippen LogP contribution >= 0.6 is 56.9 Å². The first-order chi connectivity index (χ1) is 15.8. The van der Waals surface area contributed by atoms with E-state index in [0.717, 1.165) is 35.8 Å². The van der Waals surface area contributed by atoms with Gasteiger partial charge in [-0.2, -0.15) is 0 Å². The molecule has 3 rings (SSSR count). The molecule has 0 aliphatic carbocycles. The average Bonchev–Trinajstić information content (AvgIpc) is 3.20. The number of hydrogen-bond donors (Lipinski definition) is 1. The van der Waals surface area contributed by atoms with Crippen LogP contribution in [0.2, 0.25) is 0 Å². The van der Waals surface area contributed by atoms with Gasteiger partial charge in [-0.15, -0.1) is 10.2 Å². The number of aromatic nitrogens is 3. The molecule has 0 atom stereocenters. The first-order valence-electron chi connectivity index (χ1n) is 9.63. The Labute approximate surface area is 223 Å². The van der Waals surface area contributed by atoms with E-state index < -0.39 is 5.97 Å². The fourth-order valence-electron chi connectivity index (χ4n) is 3.04. The summed E-state index contributed by atoms with van der Waals surface area (Å²) in [7, 11) is 4.77. The van der Waals surface area contributed by atoms with E-state index in [1.165, 1.54) is 0 Å². The van der Waals surface area contributed by atoms with Gasteiger partial charge in [-0.25, -0.2) is 4.79 Å². The van der Waals surface area contributed by atoms with Crippen molar-refractivity contribution in [1.82, 2.24) is 14.8 Å². The molecule has 1 heterocycles. The van der Waals surface area contributed by atoms with E-state index in [1.54, 1.807) is 33.5 Å². The lowest BCUT2D eigenvalue weighted by molar-refractivity contribution is -0.131. The molecule has 11 heteroatoms. The number of ether oxygens (including phenoxy) is 3. The topological polar surface area (TPSA) is 95.7 Å². The predicted octanol–water partition coefficient (Wildman–Crippen LogP) is 5.42. The highest BCUT2D eigenvalue weighted by molar-refractivity contribution is 14.1. The minimum Gasteiger partial charge on any atom is -0.497 e. The summed E-state index contributed by atoms with van der Waals surface area (Å²) >= 11 is 5.40. The first-order valence-corrected chi connectivity index (χ1v) is 12.6. The normalized spacial score (nSPS) is 11.4. The summed E-state index contributed by atoms with van der Waals surface area (Å²) in [6.07, 6.45) is 1.62. The maximum absolute atomic E-state index is 12.0. The molecule has 2 aromatic carbocycles. The molecule has 0 amide bonds. The van der Waals surface area contributed by atoms with Crippen LogP contribution < -0.4 is 14.2 Å². The van der Waals surface area contributed by atoms with Crippen LogP contribution in [0.25, 0.3) is 17.5 Å². The van der Waals surface area contributed by atoms with Gasteiger partial charge in [0.25, 0.3) is 0 Å². The van der Waals surface area contributed by atoms with Gasteiger partial charge in [0, 0.05) is 18.2 Å². The summed E-state index contributed by atoms with van der Waals surface area (Å²) in [5, 5.41) is 18.9. The maximum atomic E-state index is 12.0. The van der Waals surface area contributed by atoms with Crippen LogP contribution in [0.5, 0.6) is 17.2 Å². The largest absolute Gasteiger partial charge is 0.497 e. The van der Waals surface area contributed by atoms with E-state index in [-0.39, 0.29) is 4.91 Å². The monoisotopic (exact) mass is 693 g/mol. The summed E-state index contributed by atoms with van der Waals surface area (Å²) in [5.41, 5.74) is 1.52. The van der Waals surface area contributed by atoms with Crippen LogP contribution in [0.4, 0.5) is 0 Å². The molecule has 0 radical (unpaired) electrons. The third-order valence-corrected chi connectivity index (χ3v) is 7.18. The Morgan fingerprint density at radius 3 is 2.12 bits per heavy atom. The van der Waals surface area contributed by atoms with Crippen molar-refractivity contribution in [2.45, 2.75) is 18.6 Å². The average molecular weight is 693 g/mol. The fraction of sp³-hybridized carbons (Fsp3) is 0.227. The number of hydrogen-bond acceptors (Lipinski definition) is 7. The highest BCUT2D eigenvalue weighted by Gasteiger charge is 2.19. The van der Waals surface area contributed by atoms with Crippen molar-refractivity contribution in [2.75, 3.05) is 21.3 Å². The Morgan fingerprint density at radius 1 is 1.03 bits per heavy atom. The van der Waals surface area contributed by atoms with E-state index in [4.69, 9.17) is 14.2 Å². The third kappa shape index (κ3) is 5.93. The first kappa shape index (κ1) is 25.6. The van der Waals surface area contributed by atoms with Crippen LogP contribution in [0.15, 0.2) is 40.4 Å². The predicted molar refractivity (Wildman–Crippen MR) is 144 cm³/mol. The van der Waals surface area contributed by atoms with Gasteiger partial charge >= 0.3 is 5.97 Å². The lowest BCUT2D eigenvalue weighted by Crippen LogP contribution is -2.03. The molecular weight excluding hydrogens is 672 g/mol. The zero-order valence-electron chi connectivity index (χ0n) is 18.3. The fourth-order valence-corrected chi connectivity index (χ4v) is 6.18. The number of aliphatic carboxylic acids is 1. The molecule has 0 unspecified atom stereocenters. The Hall–Kier alpha value is -2.00. The molecule has 174 valence electrons. The van der Waals surface area contributed by atoms with Gasteiger partial charge in [0.15, 0.2) is 11.0 Å². The number of halogens is 2. The lowest BCUT2D eigenvalue weighted by Gasteiger charge is -2.11. The van der Waals surface area contributed by atoms with Gasteiger partial charge in [-0.05, 0) is 99.8 Å². The standard InChI is InChI=1S/C22H21I2N3O5S/c1-5-27-20(13-9-14(30-2)11-15(10-13)31-3)25-26-22(27)33-18(21(28)29)8-12-6-16(23)19(32-4)17(24)7-12/h6-11H,5H2,1-4H3,(H,28,29)/b18-8-. The van der Waals surface area contributed by atoms with Gasteiger partial charge < -0.3 is 23.9 Å². The van der Waals surface area contributed by atoms with Crippen molar-refractivity contribution >= 4 is 69.0 Å². The molecule has 1 N–H and O–H groups in total. The number of nitrogens with zero attached hydrogens (tertiary/aromatic N) is 3. The van der Waals surface area contributed by atoms with Crippen molar-refractivity contribution in [3.05, 3.63) is 47.9 Å². The second-order valence-corrected chi connectivity index (χ2v) is 9.92. The van der Waals surface area contributed by atoms with Crippen molar-refractivity contribution in [1.29, 1.82) is 0 Å². The highest BCUT2D eigenvalue weighted by atomic mass is 127. The van der Waals surface area contributed by atoms with Crippen LogP contribution in [-0.2, 0) is 11.3 Å². The number of thioether (sulfide) groups is 1. The molecule has 0 fully saturated rings. The van der Waals surface area contributed by atoms with Gasteiger partial charge in [0.1, 0.15) is 22.2 Å². The van der Waals surface area contributed by atoms with Crippen molar-refractivity contribution < 1.29 is 24.1 Å². The van der Waals surface area contributed by atoms with Crippen LogP contribution in [0, 0.1) is 7.14 Å².